The second-order valence-corrected chi connectivity index (χ2v) is 11.1. The number of nitrogens with zero attached hydrogens (tertiary/aromatic N) is 2. The molecule has 2 aliphatic heterocycles. The maximum atomic E-state index is 13.5. The number of benzene rings is 2. The summed E-state index contributed by atoms with van der Waals surface area (Å²) < 4.78 is 29.6. The van der Waals surface area contributed by atoms with Crippen LogP contribution in [-0.2, 0) is 11.2 Å². The summed E-state index contributed by atoms with van der Waals surface area (Å²) in [5.41, 5.74) is 2.54. The van der Waals surface area contributed by atoms with E-state index in [0.29, 0.717) is 36.0 Å². The Hall–Kier alpha value is -2.93. The van der Waals surface area contributed by atoms with Gasteiger partial charge in [-0.1, -0.05) is 24.1 Å². The molecule has 0 radical (unpaired) electrons. The summed E-state index contributed by atoms with van der Waals surface area (Å²) >= 11 is 0. The second-order valence-electron chi connectivity index (χ2n) is 11.1. The number of ether oxygens (including phenoxy) is 2. The van der Waals surface area contributed by atoms with Crippen LogP contribution in [0.2, 0.25) is 0 Å². The first-order valence-corrected chi connectivity index (χ1v) is 13.8. The predicted octanol–water partition coefficient (Wildman–Crippen LogP) is 6.27. The molecule has 0 amide bonds. The van der Waals surface area contributed by atoms with Crippen molar-refractivity contribution in [2.24, 2.45) is 11.8 Å². The topological polar surface area (TPSA) is 64.8 Å². The molecule has 196 valence electrons. The van der Waals surface area contributed by atoms with Crippen LogP contribution in [0.3, 0.4) is 0 Å². The number of fused-ring (bicyclic) bond motifs is 2. The number of hydrogen-bond donors (Lipinski definition) is 0. The van der Waals surface area contributed by atoms with Crippen LogP contribution in [0.15, 0.2) is 40.9 Å². The number of hydrogen-bond acceptors (Lipinski definition) is 6. The number of piperidine rings is 1. The van der Waals surface area contributed by atoms with Crippen molar-refractivity contribution >= 4 is 16.8 Å². The Kier molecular flexibility index (Phi) is 7.14. The number of Topliss-reactive ketones (excluding diaryl/α,β-unsaturated/α-hetero) is 1. The van der Waals surface area contributed by atoms with Gasteiger partial charge in [0.2, 0.25) is 6.79 Å². The third-order valence-electron chi connectivity index (χ3n) is 8.61. The number of rotatable bonds is 8. The van der Waals surface area contributed by atoms with Gasteiger partial charge < -0.3 is 18.9 Å². The van der Waals surface area contributed by atoms with Gasteiger partial charge in [-0.25, -0.2) is 4.39 Å². The van der Waals surface area contributed by atoms with Crippen LogP contribution in [0.25, 0.3) is 11.0 Å². The van der Waals surface area contributed by atoms with Gasteiger partial charge in [0.1, 0.15) is 11.6 Å². The first-order chi connectivity index (χ1) is 18.1. The van der Waals surface area contributed by atoms with Crippen LogP contribution in [0.4, 0.5) is 4.39 Å². The number of halogens is 1. The zero-order chi connectivity index (χ0) is 25.2. The van der Waals surface area contributed by atoms with Gasteiger partial charge in [-0.2, -0.15) is 0 Å². The summed E-state index contributed by atoms with van der Waals surface area (Å²) in [5.74, 6) is 3.24. The molecule has 6 nitrogen and oxygen atoms in total. The number of aromatic nitrogens is 1. The van der Waals surface area contributed by atoms with Gasteiger partial charge >= 0.3 is 0 Å². The fraction of sp³-hybridized carbons (Fsp3) is 0.533. The van der Waals surface area contributed by atoms with E-state index in [1.165, 1.54) is 44.2 Å². The Morgan fingerprint density at radius 3 is 2.57 bits per heavy atom. The van der Waals surface area contributed by atoms with E-state index in [0.717, 1.165) is 66.5 Å². The SMILES string of the molecule is O=C(Cc1ccc2c(c1)OCO2)CC1CCC(CCN2CCC(c3noc4cc(F)ccc34)CC2)CC1. The first kappa shape index (κ1) is 24.4. The van der Waals surface area contributed by atoms with Crippen LogP contribution in [0.5, 0.6) is 11.5 Å². The highest BCUT2D eigenvalue weighted by Crippen LogP contribution is 2.36. The highest BCUT2D eigenvalue weighted by atomic mass is 19.1. The summed E-state index contributed by atoms with van der Waals surface area (Å²) in [6.45, 7) is 3.56. The molecular weight excluding hydrogens is 471 g/mol. The minimum Gasteiger partial charge on any atom is -0.454 e. The lowest BCUT2D eigenvalue weighted by Gasteiger charge is -2.34. The van der Waals surface area contributed by atoms with Crippen molar-refractivity contribution in [3.05, 3.63) is 53.5 Å². The lowest BCUT2D eigenvalue weighted by molar-refractivity contribution is -0.119. The molecule has 0 N–H and O–H groups in total. The maximum absolute atomic E-state index is 13.5. The molecule has 3 aromatic rings. The predicted molar refractivity (Wildman–Crippen MR) is 138 cm³/mol. The molecule has 1 saturated heterocycles. The average Bonchev–Trinajstić information content (AvgIpc) is 3.55. The number of likely N-dealkylation sites (tertiary alicyclic amines) is 1. The first-order valence-electron chi connectivity index (χ1n) is 13.8. The molecule has 0 unspecified atom stereocenters. The third kappa shape index (κ3) is 5.66. The fourth-order valence-corrected chi connectivity index (χ4v) is 6.42. The van der Waals surface area contributed by atoms with Gasteiger partial charge in [0.05, 0.1) is 5.69 Å². The molecule has 3 heterocycles. The highest BCUT2D eigenvalue weighted by Gasteiger charge is 2.27. The van der Waals surface area contributed by atoms with Crippen molar-refractivity contribution in [3.8, 4) is 11.5 Å². The highest BCUT2D eigenvalue weighted by molar-refractivity contribution is 5.81. The lowest BCUT2D eigenvalue weighted by Crippen LogP contribution is -2.35. The minimum absolute atomic E-state index is 0.262. The van der Waals surface area contributed by atoms with Gasteiger partial charge in [-0.3, -0.25) is 4.79 Å². The molecule has 1 saturated carbocycles. The van der Waals surface area contributed by atoms with Crippen LogP contribution in [0.1, 0.15) is 68.5 Å². The van der Waals surface area contributed by atoms with Gasteiger partial charge in [0, 0.05) is 30.2 Å². The van der Waals surface area contributed by atoms with E-state index in [-0.39, 0.29) is 12.6 Å². The molecule has 1 aliphatic carbocycles. The van der Waals surface area contributed by atoms with E-state index in [1.54, 1.807) is 6.07 Å². The Labute approximate surface area is 217 Å². The molecular formula is C30H35FN2O4. The van der Waals surface area contributed by atoms with Gasteiger partial charge in [-0.05, 0) is 93.4 Å². The molecule has 0 spiro atoms. The van der Waals surface area contributed by atoms with Crippen molar-refractivity contribution in [2.75, 3.05) is 26.4 Å². The Balaban J connectivity index is 0.900. The van der Waals surface area contributed by atoms with Gasteiger partial charge in [0.15, 0.2) is 17.1 Å². The van der Waals surface area contributed by atoms with E-state index < -0.39 is 0 Å². The molecule has 2 fully saturated rings. The van der Waals surface area contributed by atoms with Crippen LogP contribution in [0, 0.1) is 17.7 Å². The maximum Gasteiger partial charge on any atom is 0.231 e. The normalized spacial score (nSPS) is 22.5. The fourth-order valence-electron chi connectivity index (χ4n) is 6.42. The summed E-state index contributed by atoms with van der Waals surface area (Å²) in [7, 11) is 0. The summed E-state index contributed by atoms with van der Waals surface area (Å²) in [4.78, 5) is 15.3. The second kappa shape index (κ2) is 10.8. The Morgan fingerprint density at radius 2 is 1.73 bits per heavy atom. The number of carbonyl (C=O) groups is 1. The molecule has 6 rings (SSSR count). The summed E-state index contributed by atoms with van der Waals surface area (Å²) in [6, 6.07) is 10.5. The molecule has 0 bridgehead atoms. The summed E-state index contributed by atoms with van der Waals surface area (Å²) in [6.07, 6.45) is 9.35. The molecule has 3 aliphatic rings. The Morgan fingerprint density at radius 1 is 0.946 bits per heavy atom. The smallest absolute Gasteiger partial charge is 0.231 e. The zero-order valence-corrected chi connectivity index (χ0v) is 21.3. The third-order valence-corrected chi connectivity index (χ3v) is 8.61. The quantitative estimate of drug-likeness (QED) is 0.359. The monoisotopic (exact) mass is 506 g/mol. The summed E-state index contributed by atoms with van der Waals surface area (Å²) in [5, 5.41) is 5.22. The average molecular weight is 507 g/mol. The van der Waals surface area contributed by atoms with Crippen molar-refractivity contribution in [3.63, 3.8) is 0 Å². The van der Waals surface area contributed by atoms with Gasteiger partial charge in [0.25, 0.3) is 0 Å². The van der Waals surface area contributed by atoms with Gasteiger partial charge in [-0.15, -0.1) is 0 Å². The van der Waals surface area contributed by atoms with E-state index in [2.05, 4.69) is 10.1 Å². The largest absolute Gasteiger partial charge is 0.454 e. The molecule has 2 aromatic carbocycles. The molecule has 7 heteroatoms. The van der Waals surface area contributed by atoms with Crippen LogP contribution in [-0.4, -0.2) is 42.3 Å². The molecule has 37 heavy (non-hydrogen) atoms. The number of carbonyl (C=O) groups excluding carboxylic acids is 1. The van der Waals surface area contributed by atoms with E-state index >= 15 is 0 Å². The Bertz CT molecular complexity index is 1240. The minimum atomic E-state index is -0.285. The molecule has 1 aromatic heterocycles. The van der Waals surface area contributed by atoms with E-state index in [1.807, 2.05) is 18.2 Å². The zero-order valence-electron chi connectivity index (χ0n) is 21.3. The van der Waals surface area contributed by atoms with Crippen molar-refractivity contribution in [1.82, 2.24) is 10.1 Å². The van der Waals surface area contributed by atoms with Crippen LogP contribution < -0.4 is 9.47 Å². The van der Waals surface area contributed by atoms with Crippen molar-refractivity contribution in [1.29, 1.82) is 0 Å². The number of ketones is 1. The van der Waals surface area contributed by atoms with Crippen molar-refractivity contribution in [2.45, 2.75) is 63.7 Å². The van der Waals surface area contributed by atoms with E-state index in [4.69, 9.17) is 14.0 Å². The van der Waals surface area contributed by atoms with Crippen molar-refractivity contribution < 1.29 is 23.2 Å². The lowest BCUT2D eigenvalue weighted by atomic mass is 9.78. The van der Waals surface area contributed by atoms with E-state index in [9.17, 15) is 9.18 Å². The standard InChI is InChI=1S/C30H35FN2O4/c31-24-6-7-26-28(18-24)37-32-30(26)23-10-13-33(14-11-23)12-9-20-1-3-21(4-2-20)15-25(34)16-22-5-8-27-29(17-22)36-19-35-27/h5-8,17-18,20-21,23H,1-4,9-16,19H2. The molecule has 0 atom stereocenters. The van der Waals surface area contributed by atoms with Crippen LogP contribution >= 0.6 is 0 Å².